The third kappa shape index (κ3) is 9.77. The second-order valence-electron chi connectivity index (χ2n) is 2.15. The summed E-state index contributed by atoms with van der Waals surface area (Å²) in [6.45, 7) is 0. The van der Waals surface area contributed by atoms with Crippen molar-refractivity contribution in [3.05, 3.63) is 72.8 Å². The summed E-state index contributed by atoms with van der Waals surface area (Å²) in [5, 5.41) is 0. The minimum atomic E-state index is 0. The van der Waals surface area contributed by atoms with Crippen molar-refractivity contribution in [1.82, 2.24) is 0 Å². The fourth-order valence-electron chi connectivity index (χ4n) is 0.684. The van der Waals surface area contributed by atoms with E-state index < -0.39 is 0 Å². The van der Waals surface area contributed by atoms with Gasteiger partial charge in [-0.3, -0.25) is 0 Å². The van der Waals surface area contributed by atoms with Crippen molar-refractivity contribution in [2.45, 2.75) is 0 Å². The molecule has 0 spiro atoms. The Hall–Kier alpha value is -0.313. The third-order valence-electron chi connectivity index (χ3n) is 1.21. The summed E-state index contributed by atoms with van der Waals surface area (Å²) < 4.78 is 0. The summed E-state index contributed by atoms with van der Waals surface area (Å²) in [6.07, 6.45) is 0. The summed E-state index contributed by atoms with van der Waals surface area (Å²) in [6, 6.07) is 25.0. The van der Waals surface area contributed by atoms with Crippen molar-refractivity contribution in [2.24, 2.45) is 0 Å². The Labute approximate surface area is 111 Å². The second-order valence-corrected chi connectivity index (χ2v) is 2.15. The fourth-order valence-corrected chi connectivity index (χ4v) is 0.684. The zero-order valence-corrected chi connectivity index (χ0v) is 14.1. The number of benzene rings is 2. The van der Waals surface area contributed by atoms with Gasteiger partial charge in [-0.25, -0.2) is 0 Å². The van der Waals surface area contributed by atoms with Crippen LogP contribution in [0.25, 0.3) is 0 Å². The second kappa shape index (κ2) is 12.7. The molecular weight excluding hydrogens is 275 g/mol. The Kier molecular flexibility index (Phi) is 14.6. The van der Waals surface area contributed by atoms with Crippen molar-refractivity contribution in [1.29, 1.82) is 0 Å². The van der Waals surface area contributed by atoms with E-state index in [-0.39, 0.29) is 39.0 Å². The molecule has 0 heterocycles. The fraction of sp³-hybridized carbons (Fsp3) is 0. The molecule has 0 radical (unpaired) electrons. The Morgan fingerprint density at radius 2 is 0.786 bits per heavy atom. The minimum Gasteiger partial charge on any atom is -0.184 e. The van der Waals surface area contributed by atoms with Gasteiger partial charge in [0.15, 0.2) is 0 Å². The van der Waals surface area contributed by atoms with Crippen LogP contribution in [0.15, 0.2) is 60.7 Å². The molecule has 62 valence electrons. The summed E-state index contributed by atoms with van der Waals surface area (Å²) in [5.41, 5.74) is 0. The molecule has 0 saturated carbocycles. The molecule has 0 saturated heterocycles. The predicted molar refractivity (Wildman–Crippen MR) is 50.6 cm³/mol. The van der Waals surface area contributed by atoms with Crippen LogP contribution in [0, 0.1) is 12.1 Å². The molecule has 0 nitrogen and oxygen atoms in total. The molecule has 2 aromatic carbocycles. The maximum Gasteiger partial charge on any atom is 2.00 e. The average Bonchev–Trinajstić information content (AvgIpc) is 2.24. The van der Waals surface area contributed by atoms with Gasteiger partial charge in [0.1, 0.15) is 0 Å². The van der Waals surface area contributed by atoms with Crippen molar-refractivity contribution in [2.75, 3.05) is 0 Å². The van der Waals surface area contributed by atoms with E-state index in [2.05, 4.69) is 12.1 Å². The summed E-state index contributed by atoms with van der Waals surface area (Å²) in [7, 11) is 0. The van der Waals surface area contributed by atoms with Gasteiger partial charge < -0.3 is 0 Å². The molecule has 0 fully saturated rings. The first-order valence-corrected chi connectivity index (χ1v) is 3.82. The van der Waals surface area contributed by atoms with Crippen LogP contribution in [0.5, 0.6) is 0 Å². The number of rotatable bonds is 0. The Morgan fingerprint density at radius 1 is 0.500 bits per heavy atom. The largest absolute Gasteiger partial charge is 2.00 e. The van der Waals surface area contributed by atoms with E-state index in [1.807, 2.05) is 60.7 Å². The Bertz CT molecular complexity index is 184. The molecule has 0 bridgehead atoms. The van der Waals surface area contributed by atoms with Crippen molar-refractivity contribution in [3.8, 4) is 0 Å². The molecule has 0 N–H and O–H groups in total. The quantitative estimate of drug-likeness (QED) is 0.515. The molecular formula is C12H10Zn2. The van der Waals surface area contributed by atoms with E-state index in [4.69, 9.17) is 0 Å². The first-order chi connectivity index (χ1) is 6.00. The first-order valence-electron chi connectivity index (χ1n) is 3.82. The van der Waals surface area contributed by atoms with Gasteiger partial charge >= 0.3 is 19.5 Å². The monoisotopic (exact) mass is 282 g/mol. The molecule has 2 aromatic rings. The predicted octanol–water partition coefficient (Wildman–Crippen LogP) is 2.97. The van der Waals surface area contributed by atoms with Crippen LogP contribution >= 0.6 is 0 Å². The van der Waals surface area contributed by atoms with Crippen molar-refractivity contribution >= 4 is 0 Å². The van der Waals surface area contributed by atoms with Crippen LogP contribution < -0.4 is 0 Å². The smallest absolute Gasteiger partial charge is 0.184 e. The van der Waals surface area contributed by atoms with Gasteiger partial charge in [0.25, 0.3) is 0 Å². The molecule has 0 aromatic heterocycles. The molecule has 0 unspecified atom stereocenters. The summed E-state index contributed by atoms with van der Waals surface area (Å²) >= 11 is 0. The van der Waals surface area contributed by atoms with Gasteiger partial charge in [-0.2, -0.15) is 72.8 Å². The van der Waals surface area contributed by atoms with E-state index in [9.17, 15) is 0 Å². The SMILES string of the molecule is [Zn+2].[Zn].[c-]1ccccc1.[c-]1ccccc1. The van der Waals surface area contributed by atoms with Crippen LogP contribution in [-0.4, -0.2) is 0 Å². The van der Waals surface area contributed by atoms with Crippen LogP contribution in [0.1, 0.15) is 0 Å². The van der Waals surface area contributed by atoms with E-state index in [0.29, 0.717) is 0 Å². The van der Waals surface area contributed by atoms with E-state index in [0.717, 1.165) is 0 Å². The first kappa shape index (κ1) is 16.1. The van der Waals surface area contributed by atoms with Crippen LogP contribution in [0.4, 0.5) is 0 Å². The number of hydrogen-bond donors (Lipinski definition) is 0. The molecule has 14 heavy (non-hydrogen) atoms. The van der Waals surface area contributed by atoms with Crippen LogP contribution in [-0.2, 0) is 39.0 Å². The standard InChI is InChI=1S/2C6H5.2Zn/c2*1-2-4-6-5-3-1;;/h2*1-5H;;/q2*-1;;+2. The molecule has 0 aliphatic heterocycles. The maximum absolute atomic E-state index is 2.89. The third-order valence-corrected chi connectivity index (χ3v) is 1.21. The van der Waals surface area contributed by atoms with Gasteiger partial charge in [-0.1, -0.05) is 0 Å². The van der Waals surface area contributed by atoms with Crippen LogP contribution in [0.3, 0.4) is 0 Å². The van der Waals surface area contributed by atoms with E-state index in [1.54, 1.807) is 0 Å². The van der Waals surface area contributed by atoms with Crippen molar-refractivity contribution < 1.29 is 39.0 Å². The summed E-state index contributed by atoms with van der Waals surface area (Å²) in [5.74, 6) is 0. The Balaban J connectivity index is 0. The molecule has 0 atom stereocenters. The zero-order chi connectivity index (χ0) is 8.49. The van der Waals surface area contributed by atoms with Gasteiger partial charge in [0.2, 0.25) is 0 Å². The minimum absolute atomic E-state index is 0. The average molecular weight is 285 g/mol. The van der Waals surface area contributed by atoms with Crippen molar-refractivity contribution in [3.63, 3.8) is 0 Å². The van der Waals surface area contributed by atoms with E-state index >= 15 is 0 Å². The zero-order valence-electron chi connectivity index (χ0n) is 8.19. The Morgan fingerprint density at radius 3 is 0.857 bits per heavy atom. The normalized spacial score (nSPS) is 6.86. The molecule has 0 amide bonds. The molecule has 0 aliphatic rings. The molecule has 2 heteroatoms. The topological polar surface area (TPSA) is 0 Å². The van der Waals surface area contributed by atoms with Gasteiger partial charge in [-0.05, 0) is 0 Å². The van der Waals surface area contributed by atoms with Gasteiger partial charge in [0.05, 0.1) is 0 Å². The molecule has 2 rings (SSSR count). The number of hydrogen-bond acceptors (Lipinski definition) is 0. The summed E-state index contributed by atoms with van der Waals surface area (Å²) in [4.78, 5) is 0. The van der Waals surface area contributed by atoms with E-state index in [1.165, 1.54) is 0 Å². The van der Waals surface area contributed by atoms with Gasteiger partial charge in [0, 0.05) is 19.5 Å². The van der Waals surface area contributed by atoms with Crippen LogP contribution in [0.2, 0.25) is 0 Å². The molecule has 0 aliphatic carbocycles. The maximum atomic E-state index is 2.89. The van der Waals surface area contributed by atoms with Gasteiger partial charge in [-0.15, -0.1) is 0 Å².